The van der Waals surface area contributed by atoms with Crippen LogP contribution in [0.25, 0.3) is 0 Å². The molecule has 0 heterocycles. The second-order valence-electron chi connectivity index (χ2n) is 5.97. The van der Waals surface area contributed by atoms with E-state index in [4.69, 9.17) is 9.79 Å². The molecule has 0 rings (SSSR count). The first-order valence-corrected chi connectivity index (χ1v) is 10.6. The topological polar surface area (TPSA) is 57.5 Å². The fourth-order valence-electron chi connectivity index (χ4n) is 2.39. The van der Waals surface area contributed by atoms with Crippen molar-refractivity contribution in [2.75, 3.05) is 6.16 Å². The van der Waals surface area contributed by atoms with Crippen molar-refractivity contribution in [3.8, 4) is 0 Å². The van der Waals surface area contributed by atoms with Gasteiger partial charge in [0, 0.05) is 6.16 Å². The van der Waals surface area contributed by atoms with Gasteiger partial charge in [-0.2, -0.15) is 0 Å². The van der Waals surface area contributed by atoms with E-state index in [0.717, 1.165) is 12.8 Å². The van der Waals surface area contributed by atoms with Crippen molar-refractivity contribution in [2.45, 2.75) is 90.4 Å². The summed E-state index contributed by atoms with van der Waals surface area (Å²) in [6.07, 6.45) is 20.2. The second-order valence-corrected chi connectivity index (χ2v) is 7.75. The van der Waals surface area contributed by atoms with Gasteiger partial charge < -0.3 is 9.79 Å². The summed E-state index contributed by atoms with van der Waals surface area (Å²) in [5, 5.41) is 0. The van der Waals surface area contributed by atoms with Gasteiger partial charge in [0.1, 0.15) is 0 Å². The van der Waals surface area contributed by atoms with Gasteiger partial charge in [-0.05, 0) is 32.1 Å². The lowest BCUT2D eigenvalue weighted by Gasteiger charge is -2.03. The maximum atomic E-state index is 10.7. The number of rotatable bonds is 15. The average molecular weight is 318 g/mol. The van der Waals surface area contributed by atoms with E-state index in [2.05, 4.69) is 19.1 Å². The van der Waals surface area contributed by atoms with Crippen molar-refractivity contribution in [1.29, 1.82) is 0 Å². The third-order valence-electron chi connectivity index (χ3n) is 3.71. The molecule has 0 spiro atoms. The first-order valence-electron chi connectivity index (χ1n) is 8.76. The highest BCUT2D eigenvalue weighted by atomic mass is 31.2. The standard InChI is InChI=1S/C17H35O3P/c1-2-3-4-5-6-7-8-9-10-11-12-13-14-15-16-17-21(18,19)20/h7-8H,2-6,9-17H2,1H3,(H2,18,19,20)/b8-7+. The smallest absolute Gasteiger partial charge is 0.324 e. The van der Waals surface area contributed by atoms with Crippen molar-refractivity contribution >= 4 is 7.60 Å². The third-order valence-corrected chi connectivity index (χ3v) is 4.61. The summed E-state index contributed by atoms with van der Waals surface area (Å²) in [5.74, 6) is 0. The Morgan fingerprint density at radius 3 is 1.62 bits per heavy atom. The minimum atomic E-state index is -3.76. The minimum absolute atomic E-state index is 0.0516. The van der Waals surface area contributed by atoms with Gasteiger partial charge in [-0.3, -0.25) is 4.57 Å². The molecule has 0 aliphatic heterocycles. The molecular formula is C17H35O3P. The molecule has 126 valence electrons. The Bertz CT molecular complexity index is 284. The van der Waals surface area contributed by atoms with Crippen molar-refractivity contribution < 1.29 is 14.4 Å². The van der Waals surface area contributed by atoms with Crippen LogP contribution in [0, 0.1) is 0 Å². The van der Waals surface area contributed by atoms with Gasteiger partial charge >= 0.3 is 7.60 Å². The zero-order valence-electron chi connectivity index (χ0n) is 13.8. The molecule has 0 bridgehead atoms. The van der Waals surface area contributed by atoms with E-state index in [1.54, 1.807) is 0 Å². The summed E-state index contributed by atoms with van der Waals surface area (Å²) in [4.78, 5) is 17.5. The van der Waals surface area contributed by atoms with Crippen molar-refractivity contribution in [3.05, 3.63) is 12.2 Å². The van der Waals surface area contributed by atoms with E-state index in [1.165, 1.54) is 64.2 Å². The van der Waals surface area contributed by atoms with E-state index in [-0.39, 0.29) is 6.16 Å². The van der Waals surface area contributed by atoms with E-state index in [0.29, 0.717) is 6.42 Å². The van der Waals surface area contributed by atoms with Crippen LogP contribution >= 0.6 is 7.60 Å². The molecule has 2 N–H and O–H groups in total. The van der Waals surface area contributed by atoms with Crippen molar-refractivity contribution in [2.24, 2.45) is 0 Å². The number of unbranched alkanes of at least 4 members (excludes halogenated alkanes) is 11. The zero-order chi connectivity index (χ0) is 15.8. The molecule has 0 fully saturated rings. The van der Waals surface area contributed by atoms with E-state index >= 15 is 0 Å². The average Bonchev–Trinajstić information content (AvgIpc) is 2.42. The molecule has 0 aromatic rings. The maximum Gasteiger partial charge on any atom is 0.325 e. The summed E-state index contributed by atoms with van der Waals surface area (Å²) in [5.41, 5.74) is 0. The molecule has 4 heteroatoms. The van der Waals surface area contributed by atoms with Gasteiger partial charge in [0.25, 0.3) is 0 Å². The molecular weight excluding hydrogens is 283 g/mol. The van der Waals surface area contributed by atoms with Gasteiger partial charge in [0.15, 0.2) is 0 Å². The van der Waals surface area contributed by atoms with Crippen LogP contribution in [0.2, 0.25) is 0 Å². The Hall–Kier alpha value is -0.110. The largest absolute Gasteiger partial charge is 0.325 e. The third kappa shape index (κ3) is 19.9. The Kier molecular flexibility index (Phi) is 14.7. The fraction of sp³-hybridized carbons (Fsp3) is 0.882. The molecule has 0 aromatic carbocycles. The van der Waals surface area contributed by atoms with Crippen LogP contribution in [0.1, 0.15) is 90.4 Å². The quantitative estimate of drug-likeness (QED) is 0.227. The molecule has 0 unspecified atom stereocenters. The van der Waals surface area contributed by atoms with E-state index in [1.807, 2.05) is 0 Å². The molecule has 0 amide bonds. The van der Waals surface area contributed by atoms with Crippen LogP contribution in [0.3, 0.4) is 0 Å². The van der Waals surface area contributed by atoms with Gasteiger partial charge in [0.2, 0.25) is 0 Å². The van der Waals surface area contributed by atoms with E-state index < -0.39 is 7.60 Å². The number of allylic oxidation sites excluding steroid dienone is 2. The number of hydrogen-bond donors (Lipinski definition) is 2. The normalized spacial score (nSPS) is 12.3. The molecule has 0 atom stereocenters. The molecule has 0 saturated carbocycles. The van der Waals surface area contributed by atoms with Gasteiger partial charge in [-0.15, -0.1) is 0 Å². The first-order chi connectivity index (χ1) is 10.1. The second kappa shape index (κ2) is 14.8. The zero-order valence-corrected chi connectivity index (χ0v) is 14.7. The van der Waals surface area contributed by atoms with E-state index in [9.17, 15) is 4.57 Å². The minimum Gasteiger partial charge on any atom is -0.324 e. The SMILES string of the molecule is CCCCCC/C=C/CCCCCCCCCP(=O)(O)O. The molecule has 0 aliphatic carbocycles. The lowest BCUT2D eigenvalue weighted by Crippen LogP contribution is -1.88. The Morgan fingerprint density at radius 2 is 1.14 bits per heavy atom. The van der Waals surface area contributed by atoms with Gasteiger partial charge in [0.05, 0.1) is 0 Å². The van der Waals surface area contributed by atoms with Gasteiger partial charge in [-0.1, -0.05) is 70.4 Å². The highest BCUT2D eigenvalue weighted by Gasteiger charge is 2.10. The molecule has 21 heavy (non-hydrogen) atoms. The first kappa shape index (κ1) is 20.9. The highest BCUT2D eigenvalue weighted by Crippen LogP contribution is 2.35. The van der Waals surface area contributed by atoms with Crippen LogP contribution in [0.15, 0.2) is 12.2 Å². The Morgan fingerprint density at radius 1 is 0.714 bits per heavy atom. The highest BCUT2D eigenvalue weighted by molar-refractivity contribution is 7.51. The number of hydrogen-bond acceptors (Lipinski definition) is 1. The van der Waals surface area contributed by atoms with Gasteiger partial charge in [-0.25, -0.2) is 0 Å². The summed E-state index contributed by atoms with van der Waals surface area (Å²) in [7, 11) is -3.76. The predicted octanol–water partition coefficient (Wildman–Crippen LogP) is 5.81. The lowest BCUT2D eigenvalue weighted by molar-refractivity contribution is 0.370. The summed E-state index contributed by atoms with van der Waals surface area (Å²) >= 11 is 0. The molecule has 0 radical (unpaired) electrons. The maximum absolute atomic E-state index is 10.7. The monoisotopic (exact) mass is 318 g/mol. The van der Waals surface area contributed by atoms with Crippen molar-refractivity contribution in [1.82, 2.24) is 0 Å². The Balaban J connectivity index is 3.12. The van der Waals surface area contributed by atoms with Crippen LogP contribution in [-0.2, 0) is 4.57 Å². The Labute approximate surface area is 131 Å². The van der Waals surface area contributed by atoms with Crippen molar-refractivity contribution in [3.63, 3.8) is 0 Å². The molecule has 3 nitrogen and oxygen atoms in total. The van der Waals surface area contributed by atoms with Crippen LogP contribution in [-0.4, -0.2) is 15.9 Å². The summed E-state index contributed by atoms with van der Waals surface area (Å²) < 4.78 is 10.7. The molecule has 0 aliphatic rings. The lowest BCUT2D eigenvalue weighted by atomic mass is 10.1. The van der Waals surface area contributed by atoms with Crippen LogP contribution in [0.4, 0.5) is 0 Å². The molecule has 0 saturated heterocycles. The predicted molar refractivity (Wildman–Crippen MR) is 91.7 cm³/mol. The summed E-state index contributed by atoms with van der Waals surface area (Å²) in [6, 6.07) is 0. The van der Waals surface area contributed by atoms with Crippen LogP contribution < -0.4 is 0 Å². The summed E-state index contributed by atoms with van der Waals surface area (Å²) in [6.45, 7) is 2.24. The fourth-order valence-corrected chi connectivity index (χ4v) is 3.02. The van der Waals surface area contributed by atoms with Crippen LogP contribution in [0.5, 0.6) is 0 Å². The molecule has 0 aromatic heterocycles.